The maximum Gasteiger partial charge on any atom is 0.255 e. The smallest absolute Gasteiger partial charge is 0.255 e. The van der Waals surface area contributed by atoms with Gasteiger partial charge in [-0.05, 0) is 75.5 Å². The summed E-state index contributed by atoms with van der Waals surface area (Å²) in [4.78, 5) is 14.4. The molecule has 5 heteroatoms. The van der Waals surface area contributed by atoms with Gasteiger partial charge in [-0.1, -0.05) is 0 Å². The Morgan fingerprint density at radius 3 is 3.06 bits per heavy atom. The molecule has 1 heterocycles. The Morgan fingerprint density at radius 2 is 2.33 bits per heavy atom. The van der Waals surface area contributed by atoms with Crippen LogP contribution in [0.2, 0.25) is 0 Å². The summed E-state index contributed by atoms with van der Waals surface area (Å²) < 4.78 is 1.95. The van der Waals surface area contributed by atoms with Crippen LogP contribution in [0.5, 0.6) is 0 Å². The number of amides is 1. The molecule has 0 aromatic heterocycles. The molecule has 0 spiro atoms. The lowest BCUT2D eigenvalue weighted by molar-refractivity contribution is 0.0786. The fourth-order valence-electron chi connectivity index (χ4n) is 2.24. The molecule has 1 amide bonds. The molecule has 0 aliphatic carbocycles. The number of carbonyl (C=O) groups excluding carboxylic acids is 1. The zero-order valence-corrected chi connectivity index (χ0v) is 14.3. The minimum Gasteiger partial charge on any atom is -0.338 e. The van der Waals surface area contributed by atoms with Crippen molar-refractivity contribution in [3.8, 4) is 0 Å². The summed E-state index contributed by atoms with van der Waals surface area (Å²) >= 11 is 11.4. The Morgan fingerprint density at radius 1 is 1.56 bits per heavy atom. The van der Waals surface area contributed by atoms with Gasteiger partial charge in [-0.15, -0.1) is 11.6 Å². The van der Waals surface area contributed by atoms with Crippen LogP contribution in [0, 0.1) is 9.49 Å². The summed E-state index contributed by atoms with van der Waals surface area (Å²) in [6, 6.07) is 5.85. The highest BCUT2D eigenvalue weighted by molar-refractivity contribution is 14.1. The van der Waals surface area contributed by atoms with Crippen molar-refractivity contribution in [1.82, 2.24) is 4.90 Å². The van der Waals surface area contributed by atoms with E-state index in [0.29, 0.717) is 11.8 Å². The van der Waals surface area contributed by atoms with Gasteiger partial charge in [0.25, 0.3) is 5.91 Å². The number of hydrogen-bond donors (Lipinski definition) is 0. The summed E-state index contributed by atoms with van der Waals surface area (Å²) in [5.41, 5.74) is 0.758. The molecule has 1 aliphatic rings. The molecular weight excluding hydrogens is 428 g/mol. The van der Waals surface area contributed by atoms with E-state index in [4.69, 9.17) is 11.6 Å². The van der Waals surface area contributed by atoms with Crippen LogP contribution in [-0.2, 0) is 0 Å². The van der Waals surface area contributed by atoms with E-state index in [1.807, 2.05) is 23.1 Å². The van der Waals surface area contributed by atoms with Crippen LogP contribution in [0.25, 0.3) is 0 Å². The second-order valence-electron chi connectivity index (χ2n) is 4.51. The second-order valence-corrected chi connectivity index (χ2v) is 6.99. The van der Waals surface area contributed by atoms with Crippen molar-refractivity contribution in [2.75, 3.05) is 19.0 Å². The van der Waals surface area contributed by atoms with Gasteiger partial charge in [0, 0.05) is 27.0 Å². The third-order valence-corrected chi connectivity index (χ3v) is 4.83. The van der Waals surface area contributed by atoms with Gasteiger partial charge in [-0.3, -0.25) is 4.79 Å². The zero-order valence-electron chi connectivity index (χ0n) is 9.83. The normalized spacial score (nSPS) is 19.3. The number of halogens is 3. The van der Waals surface area contributed by atoms with Gasteiger partial charge in [-0.25, -0.2) is 0 Å². The maximum atomic E-state index is 12.4. The van der Waals surface area contributed by atoms with Crippen molar-refractivity contribution in [3.05, 3.63) is 31.8 Å². The van der Waals surface area contributed by atoms with Gasteiger partial charge in [0.15, 0.2) is 0 Å². The minimum absolute atomic E-state index is 0.123. The summed E-state index contributed by atoms with van der Waals surface area (Å²) in [7, 11) is 0. The number of rotatable bonds is 3. The highest BCUT2D eigenvalue weighted by Gasteiger charge is 2.27. The molecule has 1 aromatic carbocycles. The quantitative estimate of drug-likeness (QED) is 0.509. The van der Waals surface area contributed by atoms with E-state index in [-0.39, 0.29) is 5.91 Å². The van der Waals surface area contributed by atoms with Crippen molar-refractivity contribution >= 4 is 56.0 Å². The van der Waals surface area contributed by atoms with Crippen molar-refractivity contribution in [2.45, 2.75) is 12.8 Å². The van der Waals surface area contributed by atoms with E-state index in [1.54, 1.807) is 0 Å². The lowest BCUT2D eigenvalue weighted by Crippen LogP contribution is -2.29. The van der Waals surface area contributed by atoms with Crippen LogP contribution in [0.3, 0.4) is 0 Å². The third-order valence-electron chi connectivity index (χ3n) is 3.25. The first-order valence-corrected chi connectivity index (χ1v) is 8.32. The summed E-state index contributed by atoms with van der Waals surface area (Å²) in [5, 5.41) is 0. The predicted octanol–water partition coefficient (Wildman–Crippen LogP) is 4.14. The molecule has 1 saturated heterocycles. The molecule has 0 bridgehead atoms. The van der Waals surface area contributed by atoms with Crippen LogP contribution in [0.15, 0.2) is 22.7 Å². The molecule has 98 valence electrons. The van der Waals surface area contributed by atoms with Crippen LogP contribution < -0.4 is 0 Å². The lowest BCUT2D eigenvalue weighted by atomic mass is 10.1. The van der Waals surface area contributed by atoms with Gasteiger partial charge in [0.2, 0.25) is 0 Å². The molecule has 0 N–H and O–H groups in total. The van der Waals surface area contributed by atoms with E-state index in [2.05, 4.69) is 38.5 Å². The maximum absolute atomic E-state index is 12.4. The van der Waals surface area contributed by atoms with Crippen LogP contribution in [-0.4, -0.2) is 29.8 Å². The molecule has 2 nitrogen and oxygen atoms in total. The summed E-state index contributed by atoms with van der Waals surface area (Å²) in [6.07, 6.45) is 2.07. The first kappa shape index (κ1) is 14.6. The van der Waals surface area contributed by atoms with Gasteiger partial charge in [0.1, 0.15) is 0 Å². The monoisotopic (exact) mass is 441 g/mol. The molecule has 1 atom stereocenters. The van der Waals surface area contributed by atoms with E-state index in [1.165, 1.54) is 0 Å². The minimum atomic E-state index is 0.123. The Kier molecular flexibility index (Phi) is 5.33. The number of likely N-dealkylation sites (tertiary alicyclic amines) is 1. The third kappa shape index (κ3) is 3.39. The molecule has 2 rings (SSSR count). The lowest BCUT2D eigenvalue weighted by Gasteiger charge is -2.17. The molecule has 1 unspecified atom stereocenters. The fourth-order valence-corrected chi connectivity index (χ4v) is 3.45. The van der Waals surface area contributed by atoms with Crippen molar-refractivity contribution in [1.29, 1.82) is 0 Å². The van der Waals surface area contributed by atoms with E-state index in [9.17, 15) is 4.79 Å². The highest BCUT2D eigenvalue weighted by Crippen LogP contribution is 2.25. The first-order valence-electron chi connectivity index (χ1n) is 5.92. The molecule has 18 heavy (non-hydrogen) atoms. The summed E-state index contributed by atoms with van der Waals surface area (Å²) in [5.74, 6) is 1.37. The largest absolute Gasteiger partial charge is 0.338 e. The summed E-state index contributed by atoms with van der Waals surface area (Å²) in [6.45, 7) is 1.68. The molecule has 1 aliphatic heterocycles. The van der Waals surface area contributed by atoms with Crippen molar-refractivity contribution in [3.63, 3.8) is 0 Å². The van der Waals surface area contributed by atoms with Crippen molar-refractivity contribution in [2.24, 2.45) is 5.92 Å². The van der Waals surface area contributed by atoms with Crippen LogP contribution in [0.1, 0.15) is 23.2 Å². The van der Waals surface area contributed by atoms with Gasteiger partial charge in [0.05, 0.1) is 5.56 Å². The molecule has 1 aromatic rings. The molecule has 1 fully saturated rings. The zero-order chi connectivity index (χ0) is 13.1. The Labute approximate surface area is 134 Å². The SMILES string of the molecule is O=C(c1cc(I)ccc1Br)N1CCC(CCCl)C1. The van der Waals surface area contributed by atoms with E-state index in [0.717, 1.165) is 39.5 Å². The Hall–Kier alpha value is 0.190. The second kappa shape index (κ2) is 6.57. The fraction of sp³-hybridized carbons (Fsp3) is 0.462. The molecule has 0 saturated carbocycles. The average Bonchev–Trinajstić information content (AvgIpc) is 2.80. The highest BCUT2D eigenvalue weighted by atomic mass is 127. The average molecular weight is 443 g/mol. The number of alkyl halides is 1. The van der Waals surface area contributed by atoms with Gasteiger partial charge < -0.3 is 4.90 Å². The van der Waals surface area contributed by atoms with Gasteiger partial charge in [-0.2, -0.15) is 0 Å². The molecule has 0 radical (unpaired) electrons. The van der Waals surface area contributed by atoms with Gasteiger partial charge >= 0.3 is 0 Å². The predicted molar refractivity (Wildman–Crippen MR) is 86.2 cm³/mol. The molecular formula is C13H14BrClINO. The number of benzene rings is 1. The van der Waals surface area contributed by atoms with E-state index < -0.39 is 0 Å². The number of carbonyl (C=O) groups is 1. The topological polar surface area (TPSA) is 20.3 Å². The standard InChI is InChI=1S/C13H14BrClINO/c14-12-2-1-10(16)7-11(12)13(18)17-6-4-9(8-17)3-5-15/h1-2,7,9H,3-6,8H2. The Bertz CT molecular complexity index is 455. The Balaban J connectivity index is 2.10. The number of hydrogen-bond acceptors (Lipinski definition) is 1. The van der Waals surface area contributed by atoms with Crippen molar-refractivity contribution < 1.29 is 4.79 Å². The van der Waals surface area contributed by atoms with Crippen LogP contribution in [0.4, 0.5) is 0 Å². The number of nitrogens with zero attached hydrogens (tertiary/aromatic N) is 1. The van der Waals surface area contributed by atoms with Crippen LogP contribution >= 0.6 is 50.1 Å². The first-order chi connectivity index (χ1) is 8.61. The van der Waals surface area contributed by atoms with E-state index >= 15 is 0 Å².